The summed E-state index contributed by atoms with van der Waals surface area (Å²) in [6.45, 7) is -0.0481. The first kappa shape index (κ1) is 16.7. The summed E-state index contributed by atoms with van der Waals surface area (Å²) in [4.78, 5) is 0. The minimum absolute atomic E-state index is 0.0481. The fraction of sp³-hybridized carbons (Fsp3) is 0.222. The minimum Gasteiger partial charge on any atom is -0.387 e. The van der Waals surface area contributed by atoms with Gasteiger partial charge in [-0.1, -0.05) is 36.4 Å². The monoisotopic (exact) mass is 344 g/mol. The maximum atomic E-state index is 12.1. The molecule has 0 aliphatic rings. The van der Waals surface area contributed by atoms with Crippen molar-refractivity contribution in [3.05, 3.63) is 71.9 Å². The van der Waals surface area contributed by atoms with E-state index in [1.165, 1.54) is 0 Å². The van der Waals surface area contributed by atoms with E-state index in [2.05, 4.69) is 4.72 Å². The Bertz CT molecular complexity index is 933. The number of rotatable bonds is 6. The quantitative estimate of drug-likeness (QED) is 0.721. The Hall–Kier alpha value is -2.15. The van der Waals surface area contributed by atoms with E-state index < -0.39 is 16.1 Å². The number of fused-ring (bicyclic) bond motifs is 1. The molecule has 0 saturated carbocycles. The van der Waals surface area contributed by atoms with E-state index in [9.17, 15) is 13.5 Å². The fourth-order valence-corrected chi connectivity index (χ4v) is 3.82. The summed E-state index contributed by atoms with van der Waals surface area (Å²) in [5.74, 6) is -0.0989. The summed E-state index contributed by atoms with van der Waals surface area (Å²) in [6.07, 6.45) is 1.06. The fourth-order valence-electron chi connectivity index (χ4n) is 2.68. The third kappa shape index (κ3) is 3.84. The predicted molar refractivity (Wildman–Crippen MR) is 94.9 cm³/mol. The van der Waals surface area contributed by atoms with Gasteiger partial charge in [-0.05, 0) is 34.7 Å². The highest BCUT2D eigenvalue weighted by Gasteiger charge is 2.15. The number of benzene rings is 2. The highest BCUT2D eigenvalue weighted by atomic mass is 32.2. The number of hydrogen-bond acceptors (Lipinski definition) is 3. The van der Waals surface area contributed by atoms with Gasteiger partial charge in [0.2, 0.25) is 10.0 Å². The van der Waals surface area contributed by atoms with Crippen LogP contribution in [-0.2, 0) is 22.8 Å². The first-order chi connectivity index (χ1) is 11.4. The van der Waals surface area contributed by atoms with Crippen LogP contribution in [0.4, 0.5) is 0 Å². The zero-order valence-electron chi connectivity index (χ0n) is 13.4. The summed E-state index contributed by atoms with van der Waals surface area (Å²) in [5, 5.41) is 11.3. The zero-order valence-corrected chi connectivity index (χ0v) is 14.2. The van der Waals surface area contributed by atoms with Gasteiger partial charge in [0.05, 0.1) is 11.9 Å². The number of sulfonamides is 1. The molecule has 6 heteroatoms. The molecule has 0 bridgehead atoms. The molecule has 1 unspecified atom stereocenters. The largest absolute Gasteiger partial charge is 0.387 e. The highest BCUT2D eigenvalue weighted by Crippen LogP contribution is 2.21. The SMILES string of the molecule is Cn1ccc2cc(C(O)CNS(=O)(=O)Cc3ccccc3)ccc21. The molecule has 2 aromatic carbocycles. The molecule has 1 aromatic heterocycles. The van der Waals surface area contributed by atoms with E-state index >= 15 is 0 Å². The first-order valence-electron chi connectivity index (χ1n) is 7.69. The lowest BCUT2D eigenvalue weighted by molar-refractivity contribution is 0.182. The molecule has 0 fully saturated rings. The second kappa shape index (κ2) is 6.76. The minimum atomic E-state index is -3.49. The van der Waals surface area contributed by atoms with E-state index in [1.807, 2.05) is 48.1 Å². The van der Waals surface area contributed by atoms with E-state index in [-0.39, 0.29) is 12.3 Å². The Labute approximate surface area is 141 Å². The average molecular weight is 344 g/mol. The van der Waals surface area contributed by atoms with Crippen LogP contribution in [0.1, 0.15) is 17.2 Å². The smallest absolute Gasteiger partial charge is 0.215 e. The van der Waals surface area contributed by atoms with Crippen molar-refractivity contribution in [2.75, 3.05) is 6.54 Å². The summed E-state index contributed by atoms with van der Waals surface area (Å²) >= 11 is 0. The van der Waals surface area contributed by atoms with Gasteiger partial charge in [-0.2, -0.15) is 0 Å². The van der Waals surface area contributed by atoms with Crippen molar-refractivity contribution >= 4 is 20.9 Å². The molecule has 0 aliphatic carbocycles. The lowest BCUT2D eigenvalue weighted by Crippen LogP contribution is -2.29. The Morgan fingerprint density at radius 2 is 1.88 bits per heavy atom. The first-order valence-corrected chi connectivity index (χ1v) is 9.34. The average Bonchev–Trinajstić information content (AvgIpc) is 2.94. The van der Waals surface area contributed by atoms with Crippen molar-refractivity contribution in [2.45, 2.75) is 11.9 Å². The van der Waals surface area contributed by atoms with Crippen LogP contribution in [0.2, 0.25) is 0 Å². The highest BCUT2D eigenvalue weighted by molar-refractivity contribution is 7.88. The van der Waals surface area contributed by atoms with Crippen molar-refractivity contribution in [2.24, 2.45) is 7.05 Å². The molecule has 24 heavy (non-hydrogen) atoms. The molecule has 0 radical (unpaired) electrons. The van der Waals surface area contributed by atoms with Gasteiger partial charge in [0.25, 0.3) is 0 Å². The van der Waals surface area contributed by atoms with Crippen LogP contribution in [-0.4, -0.2) is 24.6 Å². The molecule has 3 aromatic rings. The van der Waals surface area contributed by atoms with Crippen LogP contribution in [0.5, 0.6) is 0 Å². The summed E-state index contributed by atoms with van der Waals surface area (Å²) in [7, 11) is -1.54. The number of aliphatic hydroxyl groups is 1. The van der Waals surface area contributed by atoms with Gasteiger partial charge in [-0.3, -0.25) is 0 Å². The molecule has 126 valence electrons. The van der Waals surface area contributed by atoms with Gasteiger partial charge in [0.15, 0.2) is 0 Å². The number of hydrogen-bond donors (Lipinski definition) is 2. The topological polar surface area (TPSA) is 71.3 Å². The van der Waals surface area contributed by atoms with Crippen molar-refractivity contribution in [1.29, 1.82) is 0 Å². The normalized spacial score (nSPS) is 13.2. The lowest BCUT2D eigenvalue weighted by Gasteiger charge is -2.13. The van der Waals surface area contributed by atoms with E-state index in [4.69, 9.17) is 0 Å². The number of aliphatic hydroxyl groups excluding tert-OH is 1. The molecule has 0 amide bonds. The van der Waals surface area contributed by atoms with Gasteiger partial charge in [0, 0.05) is 25.3 Å². The van der Waals surface area contributed by atoms with Crippen LogP contribution < -0.4 is 4.72 Å². The van der Waals surface area contributed by atoms with E-state index in [0.717, 1.165) is 10.9 Å². The molecule has 1 heterocycles. The molecule has 0 aliphatic heterocycles. The van der Waals surface area contributed by atoms with E-state index in [0.29, 0.717) is 11.1 Å². The van der Waals surface area contributed by atoms with Gasteiger partial charge >= 0.3 is 0 Å². The Morgan fingerprint density at radius 3 is 2.62 bits per heavy atom. The van der Waals surface area contributed by atoms with Crippen molar-refractivity contribution < 1.29 is 13.5 Å². The van der Waals surface area contributed by atoms with Crippen molar-refractivity contribution in [3.8, 4) is 0 Å². The van der Waals surface area contributed by atoms with Crippen LogP contribution in [0.25, 0.3) is 10.9 Å². The molecular formula is C18H20N2O3S. The van der Waals surface area contributed by atoms with Crippen LogP contribution in [0.15, 0.2) is 60.8 Å². The molecular weight excluding hydrogens is 324 g/mol. The maximum Gasteiger partial charge on any atom is 0.215 e. The second-order valence-corrected chi connectivity index (χ2v) is 7.66. The van der Waals surface area contributed by atoms with Gasteiger partial charge in [-0.25, -0.2) is 13.1 Å². The molecule has 5 nitrogen and oxygen atoms in total. The number of aryl methyl sites for hydroxylation is 1. The Morgan fingerprint density at radius 1 is 1.12 bits per heavy atom. The van der Waals surface area contributed by atoms with Crippen molar-refractivity contribution in [1.82, 2.24) is 9.29 Å². The van der Waals surface area contributed by atoms with Crippen LogP contribution >= 0.6 is 0 Å². The van der Waals surface area contributed by atoms with Crippen molar-refractivity contribution in [3.63, 3.8) is 0 Å². The van der Waals surface area contributed by atoms with Crippen LogP contribution in [0, 0.1) is 0 Å². The number of nitrogens with zero attached hydrogens (tertiary/aromatic N) is 1. The summed E-state index contributed by atoms with van der Waals surface area (Å²) in [5.41, 5.74) is 2.47. The standard InChI is InChI=1S/C18H20N2O3S/c1-20-10-9-15-11-16(7-8-17(15)20)18(21)12-19-24(22,23)13-14-5-3-2-4-6-14/h2-11,18-19,21H,12-13H2,1H3. The molecule has 2 N–H and O–H groups in total. The summed E-state index contributed by atoms with van der Waals surface area (Å²) < 4.78 is 28.7. The zero-order chi connectivity index (χ0) is 17.2. The maximum absolute atomic E-state index is 12.1. The van der Waals surface area contributed by atoms with E-state index in [1.54, 1.807) is 24.3 Å². The van der Waals surface area contributed by atoms with Crippen LogP contribution in [0.3, 0.4) is 0 Å². The molecule has 1 atom stereocenters. The molecule has 0 saturated heterocycles. The third-order valence-electron chi connectivity index (χ3n) is 3.99. The lowest BCUT2D eigenvalue weighted by atomic mass is 10.1. The predicted octanol–water partition coefficient (Wildman–Crippen LogP) is 2.33. The van der Waals surface area contributed by atoms with Gasteiger partial charge in [-0.15, -0.1) is 0 Å². The summed E-state index contributed by atoms with van der Waals surface area (Å²) in [6, 6.07) is 16.6. The number of aromatic nitrogens is 1. The number of nitrogens with one attached hydrogen (secondary N) is 1. The Kier molecular flexibility index (Phi) is 4.71. The third-order valence-corrected chi connectivity index (χ3v) is 5.31. The Balaban J connectivity index is 1.66. The van der Waals surface area contributed by atoms with Gasteiger partial charge < -0.3 is 9.67 Å². The molecule has 3 rings (SSSR count). The molecule has 0 spiro atoms. The van der Waals surface area contributed by atoms with Gasteiger partial charge in [0.1, 0.15) is 0 Å². The second-order valence-electron chi connectivity index (χ2n) is 5.85.